The van der Waals surface area contributed by atoms with E-state index >= 15 is 0 Å². The molecule has 0 unspecified atom stereocenters. The molecule has 3 rings (SSSR count). The Hall–Kier alpha value is -6.06. The highest BCUT2D eigenvalue weighted by atomic mass is 16.6. The molecule has 0 amide bonds. The van der Waals surface area contributed by atoms with Crippen molar-refractivity contribution < 1.29 is 57.1 Å². The van der Waals surface area contributed by atoms with E-state index in [1.165, 1.54) is 12.4 Å². The maximum Gasteiger partial charge on any atom is 0.344 e. The van der Waals surface area contributed by atoms with Gasteiger partial charge in [-0.15, -0.1) is 0 Å². The lowest BCUT2D eigenvalue weighted by Gasteiger charge is -2.21. The van der Waals surface area contributed by atoms with Crippen LogP contribution in [0.2, 0.25) is 0 Å². The van der Waals surface area contributed by atoms with Crippen molar-refractivity contribution in [2.75, 3.05) is 37.1 Å². The molecule has 0 saturated carbocycles. The number of carbonyl (C=O) groups excluding carboxylic acids is 4. The second kappa shape index (κ2) is 19.9. The summed E-state index contributed by atoms with van der Waals surface area (Å²) in [5, 5.41) is 6.27. The number of nitrogens with one attached hydrogen (secondary N) is 2. The zero-order chi connectivity index (χ0) is 43.3. The molecule has 0 aromatic heterocycles. The molecule has 0 atom stereocenters. The van der Waals surface area contributed by atoms with Crippen LogP contribution < -0.4 is 29.6 Å². The van der Waals surface area contributed by atoms with Gasteiger partial charge in [-0.25, -0.2) is 19.2 Å². The molecule has 16 heteroatoms. The predicted molar refractivity (Wildman–Crippen MR) is 220 cm³/mol. The molecule has 0 saturated heterocycles. The Morgan fingerprint density at radius 3 is 0.966 bits per heavy atom. The predicted octanol–water partition coefficient (Wildman–Crippen LogP) is 7.54. The minimum absolute atomic E-state index is 0.124. The number of aliphatic imine (C=N–C) groups is 2. The lowest BCUT2D eigenvalue weighted by molar-refractivity contribution is -0.158. The summed E-state index contributed by atoms with van der Waals surface area (Å²) >= 11 is 0. The minimum Gasteiger partial charge on any atom is -0.478 e. The first-order valence-electron chi connectivity index (χ1n) is 18.5. The first kappa shape index (κ1) is 46.3. The van der Waals surface area contributed by atoms with E-state index in [2.05, 4.69) is 20.6 Å². The van der Waals surface area contributed by atoms with Crippen LogP contribution in [0.1, 0.15) is 83.1 Å². The average Bonchev–Trinajstić information content (AvgIpc) is 3.05. The number of carbonyl (C=O) groups is 4. The van der Waals surface area contributed by atoms with Gasteiger partial charge in [-0.1, -0.05) is 0 Å². The van der Waals surface area contributed by atoms with Crippen LogP contribution in [-0.2, 0) is 38.1 Å². The van der Waals surface area contributed by atoms with E-state index in [9.17, 15) is 19.2 Å². The Balaban J connectivity index is 1.98. The third kappa shape index (κ3) is 17.8. The minimum atomic E-state index is -0.731. The number of anilines is 2. The summed E-state index contributed by atoms with van der Waals surface area (Å²) in [5.41, 5.74) is -1.25. The number of benzene rings is 2. The van der Waals surface area contributed by atoms with Gasteiger partial charge in [-0.2, -0.15) is 0 Å². The monoisotopic (exact) mass is 808 g/mol. The molecule has 316 valence electrons. The summed E-state index contributed by atoms with van der Waals surface area (Å²) in [4.78, 5) is 59.2. The topological polar surface area (TPSA) is 191 Å². The number of fused-ring (bicyclic) bond motifs is 2. The van der Waals surface area contributed by atoms with Gasteiger partial charge in [0.2, 0.25) is 0 Å². The highest BCUT2D eigenvalue weighted by Crippen LogP contribution is 2.40. The van der Waals surface area contributed by atoms with Gasteiger partial charge in [-0.3, -0.25) is 9.98 Å². The van der Waals surface area contributed by atoms with Crippen LogP contribution in [0, 0.1) is 0 Å². The first-order chi connectivity index (χ1) is 26.9. The van der Waals surface area contributed by atoms with Crippen molar-refractivity contribution in [3.05, 3.63) is 48.8 Å². The molecule has 1 aliphatic rings. The quantitative estimate of drug-likeness (QED) is 0.158. The van der Waals surface area contributed by atoms with E-state index < -0.39 is 72.7 Å². The largest absolute Gasteiger partial charge is 0.478 e. The average molecular weight is 809 g/mol. The van der Waals surface area contributed by atoms with Crippen LogP contribution in [0.15, 0.2) is 58.8 Å². The lowest BCUT2D eigenvalue weighted by Crippen LogP contribution is -2.28. The van der Waals surface area contributed by atoms with Crippen LogP contribution >= 0.6 is 0 Å². The van der Waals surface area contributed by atoms with E-state index in [1.807, 2.05) is 0 Å². The van der Waals surface area contributed by atoms with Gasteiger partial charge in [-0.05, 0) is 95.2 Å². The molecule has 2 N–H and O–H groups in total. The normalized spacial score (nSPS) is 14.1. The van der Waals surface area contributed by atoms with Crippen molar-refractivity contribution >= 4 is 59.1 Å². The number of hydrogen-bond donors (Lipinski definition) is 2. The van der Waals surface area contributed by atoms with Crippen LogP contribution in [0.4, 0.5) is 22.7 Å². The van der Waals surface area contributed by atoms with Gasteiger partial charge < -0.3 is 48.5 Å². The maximum absolute atomic E-state index is 12.5. The molecule has 2 aromatic rings. The van der Waals surface area contributed by atoms with Crippen molar-refractivity contribution in [1.82, 2.24) is 0 Å². The SMILES string of the molecule is CC(C)(C)OC(=O)COc1cc2c(cc1OCC(=O)OC(C)(C)C)N/C=C\C=Nc1cc(OCC(=O)OC(C)(C)C)c(OCC(=O)OC(C)(C)C)cc1N/C=C\C=N2. The molecule has 2 aromatic carbocycles. The first-order valence-corrected chi connectivity index (χ1v) is 18.5. The smallest absolute Gasteiger partial charge is 0.344 e. The second-order valence-electron chi connectivity index (χ2n) is 16.7. The number of rotatable bonds is 12. The summed E-state index contributed by atoms with van der Waals surface area (Å²) < 4.78 is 44.8. The van der Waals surface area contributed by atoms with Gasteiger partial charge in [0, 0.05) is 49.1 Å². The number of hydrogen-bond acceptors (Lipinski definition) is 16. The van der Waals surface area contributed by atoms with Gasteiger partial charge in [0.15, 0.2) is 49.4 Å². The third-order valence-corrected chi connectivity index (χ3v) is 6.46. The van der Waals surface area contributed by atoms with Crippen molar-refractivity contribution in [2.45, 2.75) is 105 Å². The fourth-order valence-electron chi connectivity index (χ4n) is 4.63. The number of esters is 4. The van der Waals surface area contributed by atoms with Crippen LogP contribution in [0.25, 0.3) is 0 Å². The van der Waals surface area contributed by atoms with E-state index in [-0.39, 0.29) is 23.0 Å². The van der Waals surface area contributed by atoms with E-state index in [4.69, 9.17) is 37.9 Å². The number of nitrogens with zero attached hydrogens (tertiary/aromatic N) is 2. The van der Waals surface area contributed by atoms with E-state index in [0.717, 1.165) is 0 Å². The number of ether oxygens (including phenoxy) is 8. The maximum atomic E-state index is 12.5. The highest BCUT2D eigenvalue weighted by molar-refractivity contribution is 5.85. The van der Waals surface area contributed by atoms with Gasteiger partial charge >= 0.3 is 23.9 Å². The molecular formula is C42H56N4O12. The molecule has 0 bridgehead atoms. The summed E-state index contributed by atoms with van der Waals surface area (Å²) in [6, 6.07) is 6.23. The Bertz CT molecular complexity index is 1770. The van der Waals surface area contributed by atoms with E-state index in [1.54, 1.807) is 132 Å². The van der Waals surface area contributed by atoms with Crippen molar-refractivity contribution in [3.8, 4) is 23.0 Å². The highest BCUT2D eigenvalue weighted by Gasteiger charge is 2.23. The zero-order valence-electron chi connectivity index (χ0n) is 35.4. The third-order valence-electron chi connectivity index (χ3n) is 6.46. The van der Waals surface area contributed by atoms with Gasteiger partial charge in [0.25, 0.3) is 0 Å². The number of allylic oxidation sites excluding steroid dienone is 2. The fourth-order valence-corrected chi connectivity index (χ4v) is 4.63. The molecular weight excluding hydrogens is 752 g/mol. The van der Waals surface area contributed by atoms with Gasteiger partial charge in [0.05, 0.1) is 22.7 Å². The summed E-state index contributed by atoms with van der Waals surface area (Å²) in [5.74, 6) is -1.91. The molecule has 0 aliphatic carbocycles. The summed E-state index contributed by atoms with van der Waals surface area (Å²) in [7, 11) is 0. The van der Waals surface area contributed by atoms with Crippen LogP contribution in [-0.4, -0.2) is 85.1 Å². The molecule has 58 heavy (non-hydrogen) atoms. The Morgan fingerprint density at radius 1 is 0.448 bits per heavy atom. The van der Waals surface area contributed by atoms with Crippen molar-refractivity contribution in [3.63, 3.8) is 0 Å². The fraction of sp³-hybridized carbons (Fsp3) is 0.476. The molecule has 1 heterocycles. The van der Waals surface area contributed by atoms with Crippen molar-refractivity contribution in [1.29, 1.82) is 0 Å². The van der Waals surface area contributed by atoms with Crippen molar-refractivity contribution in [2.24, 2.45) is 9.98 Å². The Kier molecular flexibility index (Phi) is 15.9. The Morgan fingerprint density at radius 2 is 0.707 bits per heavy atom. The molecule has 0 radical (unpaired) electrons. The summed E-state index contributed by atoms with van der Waals surface area (Å²) in [6.45, 7) is 19.2. The van der Waals surface area contributed by atoms with E-state index in [0.29, 0.717) is 22.7 Å². The summed E-state index contributed by atoms with van der Waals surface area (Å²) in [6.07, 6.45) is 9.40. The Labute approximate surface area is 339 Å². The van der Waals surface area contributed by atoms with Crippen LogP contribution in [0.3, 0.4) is 0 Å². The zero-order valence-corrected chi connectivity index (χ0v) is 35.4. The molecule has 16 nitrogen and oxygen atoms in total. The second-order valence-corrected chi connectivity index (χ2v) is 16.7. The lowest BCUT2D eigenvalue weighted by atomic mass is 10.2. The molecule has 0 spiro atoms. The molecule has 1 aliphatic heterocycles. The van der Waals surface area contributed by atoms with Crippen LogP contribution in [0.5, 0.6) is 23.0 Å². The molecule has 0 fully saturated rings. The standard InChI is InChI=1S/C42H56N4O12/c1-39(2,3)55-35(47)23-51-31-19-27-28(20-32(31)52-24-36(48)56-40(4,5)6)44-16-14-18-46-30-22-34(54-26-38(50)58-42(10,11)12)33(21-29(30)45-17-13-15-43-27)53-25-37(49)57-41(7,8)9/h13-22,43,46H,23-26H2,1-12H3/b15-13-,18-14-,44-16?,45-17?. The van der Waals surface area contributed by atoms with Gasteiger partial charge in [0.1, 0.15) is 22.4 Å².